The summed E-state index contributed by atoms with van der Waals surface area (Å²) in [4.78, 5) is 4.03. The standard InChI is InChI=1S/C12H14N2O/c15-9-6-12(14-8-7-13-10-14)11-4-2-1-3-5-11/h1-5,7-8,10,12,15H,6,9H2. The minimum atomic E-state index is 0.178. The van der Waals surface area contributed by atoms with Crippen molar-refractivity contribution in [3.8, 4) is 0 Å². The second kappa shape index (κ2) is 4.75. The molecule has 2 rings (SSSR count). The molecule has 3 heteroatoms. The van der Waals surface area contributed by atoms with Gasteiger partial charge >= 0.3 is 0 Å². The van der Waals surface area contributed by atoms with Crippen molar-refractivity contribution in [1.82, 2.24) is 9.55 Å². The van der Waals surface area contributed by atoms with Gasteiger partial charge in [0.2, 0.25) is 0 Å². The third kappa shape index (κ3) is 2.25. The smallest absolute Gasteiger partial charge is 0.0951 e. The quantitative estimate of drug-likeness (QED) is 0.821. The molecule has 0 amide bonds. The van der Waals surface area contributed by atoms with E-state index in [0.717, 1.165) is 0 Å². The topological polar surface area (TPSA) is 38.0 Å². The summed E-state index contributed by atoms with van der Waals surface area (Å²) < 4.78 is 2.02. The van der Waals surface area contributed by atoms with Crippen molar-refractivity contribution in [1.29, 1.82) is 0 Å². The van der Waals surface area contributed by atoms with Crippen LogP contribution >= 0.6 is 0 Å². The molecule has 2 aromatic rings. The third-order valence-corrected chi connectivity index (χ3v) is 2.47. The maximum Gasteiger partial charge on any atom is 0.0951 e. The Morgan fingerprint density at radius 1 is 1.27 bits per heavy atom. The largest absolute Gasteiger partial charge is 0.396 e. The number of benzene rings is 1. The molecule has 0 saturated carbocycles. The number of imidazole rings is 1. The summed E-state index contributed by atoms with van der Waals surface area (Å²) in [6.07, 6.45) is 6.17. The molecule has 15 heavy (non-hydrogen) atoms. The van der Waals surface area contributed by atoms with Crippen LogP contribution in [-0.4, -0.2) is 21.3 Å². The molecular weight excluding hydrogens is 188 g/mol. The van der Waals surface area contributed by atoms with Crippen molar-refractivity contribution < 1.29 is 5.11 Å². The van der Waals surface area contributed by atoms with Gasteiger partial charge in [0, 0.05) is 19.0 Å². The minimum absolute atomic E-state index is 0.178. The highest BCUT2D eigenvalue weighted by Crippen LogP contribution is 2.20. The predicted molar refractivity (Wildman–Crippen MR) is 58.5 cm³/mol. The Morgan fingerprint density at radius 3 is 2.67 bits per heavy atom. The molecule has 78 valence electrons. The van der Waals surface area contributed by atoms with Crippen LogP contribution in [0.2, 0.25) is 0 Å². The van der Waals surface area contributed by atoms with E-state index >= 15 is 0 Å². The van der Waals surface area contributed by atoms with E-state index in [4.69, 9.17) is 5.11 Å². The van der Waals surface area contributed by atoms with Crippen LogP contribution in [0.3, 0.4) is 0 Å². The van der Waals surface area contributed by atoms with Gasteiger partial charge in [-0.2, -0.15) is 0 Å². The Morgan fingerprint density at radius 2 is 2.07 bits per heavy atom. The molecule has 1 N–H and O–H groups in total. The van der Waals surface area contributed by atoms with Gasteiger partial charge in [0.25, 0.3) is 0 Å². The molecule has 0 spiro atoms. The highest BCUT2D eigenvalue weighted by atomic mass is 16.3. The molecule has 1 aromatic carbocycles. The van der Waals surface area contributed by atoms with Gasteiger partial charge in [0.15, 0.2) is 0 Å². The number of hydrogen-bond acceptors (Lipinski definition) is 2. The van der Waals surface area contributed by atoms with Crippen LogP contribution in [0.15, 0.2) is 49.1 Å². The number of aliphatic hydroxyl groups is 1. The van der Waals surface area contributed by atoms with Crippen LogP contribution in [-0.2, 0) is 0 Å². The fourth-order valence-electron chi connectivity index (χ4n) is 1.74. The van der Waals surface area contributed by atoms with Crippen molar-refractivity contribution in [2.75, 3.05) is 6.61 Å². The zero-order valence-electron chi connectivity index (χ0n) is 8.45. The first-order valence-electron chi connectivity index (χ1n) is 5.05. The lowest BCUT2D eigenvalue weighted by atomic mass is 10.0. The molecule has 0 fully saturated rings. The van der Waals surface area contributed by atoms with E-state index in [2.05, 4.69) is 17.1 Å². The van der Waals surface area contributed by atoms with E-state index in [1.807, 2.05) is 29.0 Å². The Labute approximate surface area is 89.0 Å². The van der Waals surface area contributed by atoms with Gasteiger partial charge < -0.3 is 9.67 Å². The summed E-state index contributed by atoms with van der Waals surface area (Å²) in [5, 5.41) is 9.06. The Balaban J connectivity index is 2.28. The Hall–Kier alpha value is -1.61. The molecule has 0 bridgehead atoms. The lowest BCUT2D eigenvalue weighted by molar-refractivity contribution is 0.268. The Kier molecular flexibility index (Phi) is 3.15. The minimum Gasteiger partial charge on any atom is -0.396 e. The fraction of sp³-hybridized carbons (Fsp3) is 0.250. The molecule has 0 radical (unpaired) electrons. The monoisotopic (exact) mass is 202 g/mol. The Bertz CT molecular complexity index is 383. The van der Waals surface area contributed by atoms with Crippen LogP contribution in [0, 0.1) is 0 Å². The van der Waals surface area contributed by atoms with Gasteiger partial charge in [0.1, 0.15) is 0 Å². The normalized spacial score (nSPS) is 12.6. The maximum atomic E-state index is 9.06. The summed E-state index contributed by atoms with van der Waals surface area (Å²) in [5.74, 6) is 0. The van der Waals surface area contributed by atoms with Crippen LogP contribution in [0.1, 0.15) is 18.0 Å². The maximum absolute atomic E-state index is 9.06. The molecule has 0 aliphatic carbocycles. The lowest BCUT2D eigenvalue weighted by Crippen LogP contribution is -2.10. The van der Waals surface area contributed by atoms with Crippen molar-refractivity contribution in [3.63, 3.8) is 0 Å². The average Bonchev–Trinajstić information content (AvgIpc) is 2.80. The van der Waals surface area contributed by atoms with Gasteiger partial charge in [-0.1, -0.05) is 30.3 Å². The van der Waals surface area contributed by atoms with E-state index in [-0.39, 0.29) is 12.6 Å². The van der Waals surface area contributed by atoms with E-state index in [1.165, 1.54) is 5.56 Å². The summed E-state index contributed by atoms with van der Waals surface area (Å²) in [5.41, 5.74) is 1.20. The molecule has 0 aliphatic rings. The van der Waals surface area contributed by atoms with Gasteiger partial charge in [-0.05, 0) is 12.0 Å². The first-order valence-corrected chi connectivity index (χ1v) is 5.05. The summed E-state index contributed by atoms with van der Waals surface area (Å²) >= 11 is 0. The van der Waals surface area contributed by atoms with Crippen molar-refractivity contribution in [2.24, 2.45) is 0 Å². The number of rotatable bonds is 4. The summed E-state index contributed by atoms with van der Waals surface area (Å²) in [7, 11) is 0. The van der Waals surface area contributed by atoms with Crippen LogP contribution < -0.4 is 0 Å². The van der Waals surface area contributed by atoms with Gasteiger partial charge in [-0.25, -0.2) is 4.98 Å². The first-order chi connectivity index (χ1) is 7.42. The molecule has 1 atom stereocenters. The molecular formula is C12H14N2O. The first kappa shape index (κ1) is 9.93. The van der Waals surface area contributed by atoms with E-state index < -0.39 is 0 Å². The zero-order chi connectivity index (χ0) is 10.5. The van der Waals surface area contributed by atoms with Gasteiger partial charge in [0.05, 0.1) is 12.4 Å². The number of aliphatic hydroxyl groups excluding tert-OH is 1. The third-order valence-electron chi connectivity index (χ3n) is 2.47. The molecule has 0 aliphatic heterocycles. The van der Waals surface area contributed by atoms with Crippen LogP contribution in [0.4, 0.5) is 0 Å². The van der Waals surface area contributed by atoms with E-state index in [1.54, 1.807) is 12.5 Å². The molecule has 1 unspecified atom stereocenters. The van der Waals surface area contributed by atoms with E-state index in [9.17, 15) is 0 Å². The molecule has 1 heterocycles. The highest BCUT2D eigenvalue weighted by molar-refractivity contribution is 5.19. The molecule has 0 saturated heterocycles. The van der Waals surface area contributed by atoms with Crippen LogP contribution in [0.5, 0.6) is 0 Å². The number of hydrogen-bond donors (Lipinski definition) is 1. The second-order valence-electron chi connectivity index (χ2n) is 3.45. The second-order valence-corrected chi connectivity index (χ2v) is 3.45. The van der Waals surface area contributed by atoms with E-state index in [0.29, 0.717) is 6.42 Å². The van der Waals surface area contributed by atoms with Crippen molar-refractivity contribution in [3.05, 3.63) is 54.6 Å². The highest BCUT2D eigenvalue weighted by Gasteiger charge is 2.11. The zero-order valence-corrected chi connectivity index (χ0v) is 8.45. The van der Waals surface area contributed by atoms with Crippen molar-refractivity contribution >= 4 is 0 Å². The lowest BCUT2D eigenvalue weighted by Gasteiger charge is -2.17. The summed E-state index contributed by atoms with van der Waals surface area (Å²) in [6, 6.07) is 10.3. The van der Waals surface area contributed by atoms with Crippen LogP contribution in [0.25, 0.3) is 0 Å². The van der Waals surface area contributed by atoms with Gasteiger partial charge in [-0.3, -0.25) is 0 Å². The SMILES string of the molecule is OCCC(c1ccccc1)n1ccnc1. The summed E-state index contributed by atoms with van der Waals surface area (Å²) in [6.45, 7) is 0.178. The molecule has 3 nitrogen and oxygen atoms in total. The number of nitrogens with zero attached hydrogens (tertiary/aromatic N) is 2. The molecule has 1 aromatic heterocycles. The predicted octanol–water partition coefficient (Wildman–Crippen LogP) is 1.85. The fourth-order valence-corrected chi connectivity index (χ4v) is 1.74. The number of aromatic nitrogens is 2. The van der Waals surface area contributed by atoms with Gasteiger partial charge in [-0.15, -0.1) is 0 Å². The van der Waals surface area contributed by atoms with Crippen molar-refractivity contribution in [2.45, 2.75) is 12.5 Å². The average molecular weight is 202 g/mol.